The molecule has 0 spiro atoms. The van der Waals surface area contributed by atoms with Crippen molar-refractivity contribution in [2.45, 2.75) is 32.8 Å². The number of fused-ring (bicyclic) bond motifs is 1. The van der Waals surface area contributed by atoms with E-state index in [0.717, 1.165) is 51.4 Å². The molecule has 4 aromatic rings. The van der Waals surface area contributed by atoms with Gasteiger partial charge in [-0.2, -0.15) is 11.3 Å². The number of rotatable bonds is 5. The van der Waals surface area contributed by atoms with Crippen LogP contribution in [0.2, 0.25) is 0 Å². The lowest BCUT2D eigenvalue weighted by molar-refractivity contribution is 0.0270. The lowest BCUT2D eigenvalue weighted by atomic mass is 10.0. The Hall–Kier alpha value is -3.78. The van der Waals surface area contributed by atoms with Gasteiger partial charge in [0.1, 0.15) is 17.0 Å². The average molecular weight is 503 g/mol. The topological polar surface area (TPSA) is 79.5 Å². The number of amides is 1. The maximum absolute atomic E-state index is 12.4. The molecule has 0 radical (unpaired) electrons. The first-order valence-electron chi connectivity index (χ1n) is 11.9. The van der Waals surface area contributed by atoms with E-state index in [1.807, 2.05) is 39.0 Å². The summed E-state index contributed by atoms with van der Waals surface area (Å²) < 4.78 is 11.1. The maximum atomic E-state index is 12.4. The zero-order chi connectivity index (χ0) is 25.3. The largest absolute Gasteiger partial charge is 0.496 e. The highest BCUT2D eigenvalue weighted by molar-refractivity contribution is 7.08. The molecule has 0 saturated carbocycles. The minimum absolute atomic E-state index is 0.274. The van der Waals surface area contributed by atoms with Gasteiger partial charge in [0.25, 0.3) is 0 Å². The lowest BCUT2D eigenvalue weighted by Crippen LogP contribution is -2.39. The highest BCUT2D eigenvalue weighted by atomic mass is 32.1. The van der Waals surface area contributed by atoms with Gasteiger partial charge in [0, 0.05) is 41.6 Å². The van der Waals surface area contributed by atoms with Gasteiger partial charge in [-0.05, 0) is 85.5 Å². The standard InChI is InChI=1S/C28H30N4O3S/c1-28(2,3)35-27(33)32-12-8-18(9-13-32)24-16-22-23(7-11-29-26(22)31-24)30-20-5-6-25(34-4)21(15-20)19-10-14-36-17-19/h5-8,10-11,14-17H,9,12-13H2,1-4H3,(H2,29,30,31). The van der Waals surface area contributed by atoms with Crippen LogP contribution in [0.4, 0.5) is 16.2 Å². The van der Waals surface area contributed by atoms with Crippen molar-refractivity contribution in [3.05, 3.63) is 65.1 Å². The summed E-state index contributed by atoms with van der Waals surface area (Å²) in [7, 11) is 1.69. The van der Waals surface area contributed by atoms with E-state index in [1.54, 1.807) is 29.5 Å². The molecule has 3 aromatic heterocycles. The second kappa shape index (κ2) is 9.70. The van der Waals surface area contributed by atoms with Crippen LogP contribution in [0.25, 0.3) is 27.7 Å². The van der Waals surface area contributed by atoms with E-state index in [0.29, 0.717) is 13.1 Å². The van der Waals surface area contributed by atoms with Crippen molar-refractivity contribution in [2.75, 3.05) is 25.5 Å². The minimum atomic E-state index is -0.498. The molecule has 0 bridgehead atoms. The van der Waals surface area contributed by atoms with E-state index in [2.05, 4.69) is 50.3 Å². The van der Waals surface area contributed by atoms with Crippen molar-refractivity contribution < 1.29 is 14.3 Å². The molecule has 0 atom stereocenters. The molecule has 1 aliphatic rings. The van der Waals surface area contributed by atoms with Gasteiger partial charge in [-0.25, -0.2) is 9.78 Å². The average Bonchev–Trinajstić information content (AvgIpc) is 3.54. The Morgan fingerprint density at radius 3 is 2.75 bits per heavy atom. The number of methoxy groups -OCH3 is 1. The Balaban J connectivity index is 1.38. The minimum Gasteiger partial charge on any atom is -0.496 e. The molecule has 0 unspecified atom stereocenters. The fraction of sp³-hybridized carbons (Fsp3) is 0.286. The summed E-state index contributed by atoms with van der Waals surface area (Å²) in [5.41, 5.74) is 6.62. The number of hydrogen-bond donors (Lipinski definition) is 2. The van der Waals surface area contributed by atoms with Gasteiger partial charge in [-0.1, -0.05) is 6.08 Å². The Morgan fingerprint density at radius 2 is 2.06 bits per heavy atom. The van der Waals surface area contributed by atoms with E-state index in [4.69, 9.17) is 9.47 Å². The number of pyridine rings is 1. The zero-order valence-corrected chi connectivity index (χ0v) is 21.7. The van der Waals surface area contributed by atoms with Crippen LogP contribution < -0.4 is 10.1 Å². The first-order chi connectivity index (χ1) is 17.3. The molecule has 2 N–H and O–H groups in total. The van der Waals surface area contributed by atoms with Gasteiger partial charge in [-0.15, -0.1) is 0 Å². The smallest absolute Gasteiger partial charge is 0.410 e. The highest BCUT2D eigenvalue weighted by Crippen LogP contribution is 2.36. The Morgan fingerprint density at radius 1 is 1.19 bits per heavy atom. The number of carbonyl (C=O) groups excluding carboxylic acids is 1. The summed E-state index contributed by atoms with van der Waals surface area (Å²) in [5.74, 6) is 0.840. The SMILES string of the molecule is COc1ccc(Nc2ccnc3[nH]c(C4=CCN(C(=O)OC(C)(C)C)CC4)cc23)cc1-c1ccsc1. The van der Waals surface area contributed by atoms with Gasteiger partial charge in [0.15, 0.2) is 0 Å². The number of thiophene rings is 1. The van der Waals surface area contributed by atoms with Gasteiger partial charge < -0.3 is 24.7 Å². The second-order valence-corrected chi connectivity index (χ2v) is 10.5. The number of aromatic amines is 1. The molecule has 0 saturated heterocycles. The van der Waals surface area contributed by atoms with E-state index in [-0.39, 0.29) is 6.09 Å². The van der Waals surface area contributed by atoms with E-state index in [9.17, 15) is 4.79 Å². The van der Waals surface area contributed by atoms with Crippen LogP contribution in [0, 0.1) is 0 Å². The number of anilines is 2. The lowest BCUT2D eigenvalue weighted by Gasteiger charge is -2.29. The number of H-pyrrole nitrogens is 1. The Labute approximate surface area is 214 Å². The van der Waals surface area contributed by atoms with Crippen LogP contribution in [0.15, 0.2) is 59.4 Å². The fourth-order valence-electron chi connectivity index (χ4n) is 4.30. The van der Waals surface area contributed by atoms with Crippen LogP contribution in [-0.2, 0) is 4.74 Å². The molecule has 1 amide bonds. The van der Waals surface area contributed by atoms with Crippen molar-refractivity contribution in [3.8, 4) is 16.9 Å². The number of ether oxygens (including phenoxy) is 2. The zero-order valence-electron chi connectivity index (χ0n) is 20.9. The molecule has 1 aromatic carbocycles. The van der Waals surface area contributed by atoms with E-state index < -0.39 is 5.60 Å². The summed E-state index contributed by atoms with van der Waals surface area (Å²) in [6, 6.07) is 12.3. The van der Waals surface area contributed by atoms with Crippen molar-refractivity contribution in [1.29, 1.82) is 0 Å². The first-order valence-corrected chi connectivity index (χ1v) is 12.9. The van der Waals surface area contributed by atoms with Crippen molar-refractivity contribution in [1.82, 2.24) is 14.9 Å². The number of nitrogens with zero attached hydrogens (tertiary/aromatic N) is 2. The number of nitrogens with one attached hydrogen (secondary N) is 2. The van der Waals surface area contributed by atoms with Gasteiger partial charge in [0.05, 0.1) is 12.8 Å². The number of carbonyl (C=O) groups is 1. The summed E-state index contributed by atoms with van der Waals surface area (Å²) >= 11 is 1.66. The number of aromatic nitrogens is 2. The molecule has 1 aliphatic heterocycles. The molecule has 4 heterocycles. The summed E-state index contributed by atoms with van der Waals surface area (Å²) in [6.07, 6.45) is 4.36. The van der Waals surface area contributed by atoms with Crippen LogP contribution in [-0.4, -0.2) is 46.8 Å². The third-order valence-electron chi connectivity index (χ3n) is 6.05. The van der Waals surface area contributed by atoms with E-state index >= 15 is 0 Å². The van der Waals surface area contributed by atoms with Crippen molar-refractivity contribution >= 4 is 45.4 Å². The molecule has 7 nitrogen and oxygen atoms in total. The summed E-state index contributed by atoms with van der Waals surface area (Å²) in [6.45, 7) is 6.79. The van der Waals surface area contributed by atoms with E-state index in [1.165, 1.54) is 5.57 Å². The first kappa shape index (κ1) is 23.9. The third kappa shape index (κ3) is 5.09. The maximum Gasteiger partial charge on any atom is 0.410 e. The summed E-state index contributed by atoms with van der Waals surface area (Å²) in [5, 5.41) is 8.75. The molecular weight excluding hydrogens is 472 g/mol. The number of hydrogen-bond acceptors (Lipinski definition) is 6. The van der Waals surface area contributed by atoms with Crippen LogP contribution in [0.1, 0.15) is 32.9 Å². The van der Waals surface area contributed by atoms with Crippen molar-refractivity contribution in [2.24, 2.45) is 0 Å². The Bertz CT molecular complexity index is 1420. The molecule has 36 heavy (non-hydrogen) atoms. The highest BCUT2D eigenvalue weighted by Gasteiger charge is 2.24. The monoisotopic (exact) mass is 502 g/mol. The third-order valence-corrected chi connectivity index (χ3v) is 6.73. The van der Waals surface area contributed by atoms with Crippen LogP contribution in [0.3, 0.4) is 0 Å². The number of benzene rings is 1. The predicted molar refractivity (Wildman–Crippen MR) is 146 cm³/mol. The normalized spacial score (nSPS) is 14.0. The predicted octanol–water partition coefficient (Wildman–Crippen LogP) is 7.07. The summed E-state index contributed by atoms with van der Waals surface area (Å²) in [4.78, 5) is 22.1. The molecule has 8 heteroatoms. The second-order valence-electron chi connectivity index (χ2n) is 9.76. The molecular formula is C28H30N4O3S. The van der Waals surface area contributed by atoms with Gasteiger partial charge in [-0.3, -0.25) is 0 Å². The van der Waals surface area contributed by atoms with Crippen molar-refractivity contribution in [3.63, 3.8) is 0 Å². The van der Waals surface area contributed by atoms with Crippen LogP contribution >= 0.6 is 11.3 Å². The molecule has 0 aliphatic carbocycles. The van der Waals surface area contributed by atoms with Gasteiger partial charge >= 0.3 is 6.09 Å². The molecule has 0 fully saturated rings. The van der Waals surface area contributed by atoms with Crippen LogP contribution in [0.5, 0.6) is 5.75 Å². The quantitative estimate of drug-likeness (QED) is 0.305. The van der Waals surface area contributed by atoms with Gasteiger partial charge in [0.2, 0.25) is 0 Å². The molecule has 186 valence electrons. The molecule has 5 rings (SSSR count). The Kier molecular flexibility index (Phi) is 6.45. The fourth-order valence-corrected chi connectivity index (χ4v) is 4.96.